The Morgan fingerprint density at radius 3 is 3.00 bits per heavy atom. The standard InChI is InChI=1S/C12H10N2O/c1-14-7-5-9-2-3-10(8-11(9)14)12(15)4-6-13/h2-3,5,7-8H,4H2,1H3. The molecule has 15 heavy (non-hydrogen) atoms. The lowest BCUT2D eigenvalue weighted by molar-refractivity contribution is 0.0998. The number of hydrogen-bond acceptors (Lipinski definition) is 2. The summed E-state index contributed by atoms with van der Waals surface area (Å²) < 4.78 is 1.96. The minimum Gasteiger partial charge on any atom is -0.351 e. The third kappa shape index (κ3) is 1.62. The lowest BCUT2D eigenvalue weighted by atomic mass is 10.1. The summed E-state index contributed by atoms with van der Waals surface area (Å²) in [6, 6.07) is 9.36. The Morgan fingerprint density at radius 1 is 1.47 bits per heavy atom. The first-order valence-electron chi connectivity index (χ1n) is 4.67. The summed E-state index contributed by atoms with van der Waals surface area (Å²) >= 11 is 0. The van der Waals surface area contributed by atoms with Crippen molar-refractivity contribution in [3.8, 4) is 6.07 Å². The highest BCUT2D eigenvalue weighted by atomic mass is 16.1. The first-order chi connectivity index (χ1) is 7.22. The summed E-state index contributed by atoms with van der Waals surface area (Å²) in [6.45, 7) is 0. The molecule has 3 nitrogen and oxygen atoms in total. The second-order valence-electron chi connectivity index (χ2n) is 3.46. The molecule has 2 aromatic rings. The smallest absolute Gasteiger partial charge is 0.176 e. The summed E-state index contributed by atoms with van der Waals surface area (Å²) in [7, 11) is 1.93. The summed E-state index contributed by atoms with van der Waals surface area (Å²) in [5.74, 6) is -0.124. The average Bonchev–Trinajstić information content (AvgIpc) is 2.60. The largest absolute Gasteiger partial charge is 0.351 e. The van der Waals surface area contributed by atoms with Gasteiger partial charge in [0.05, 0.1) is 12.5 Å². The number of ketones is 1. The zero-order chi connectivity index (χ0) is 10.8. The number of carbonyl (C=O) groups excluding carboxylic acids is 1. The van der Waals surface area contributed by atoms with Gasteiger partial charge in [-0.25, -0.2) is 0 Å². The van der Waals surface area contributed by atoms with Crippen molar-refractivity contribution >= 4 is 16.7 Å². The highest BCUT2D eigenvalue weighted by Crippen LogP contribution is 2.17. The van der Waals surface area contributed by atoms with Crippen molar-refractivity contribution in [2.24, 2.45) is 7.05 Å². The van der Waals surface area contributed by atoms with Gasteiger partial charge < -0.3 is 4.57 Å². The van der Waals surface area contributed by atoms with E-state index >= 15 is 0 Å². The van der Waals surface area contributed by atoms with Crippen LogP contribution in [0.3, 0.4) is 0 Å². The number of aromatic nitrogens is 1. The number of nitriles is 1. The quantitative estimate of drug-likeness (QED) is 0.695. The van der Waals surface area contributed by atoms with Crippen LogP contribution in [0.1, 0.15) is 16.8 Å². The molecule has 0 aliphatic rings. The molecule has 0 saturated carbocycles. The minimum atomic E-state index is -0.124. The fourth-order valence-corrected chi connectivity index (χ4v) is 1.61. The minimum absolute atomic E-state index is 0.0596. The Kier molecular flexibility index (Phi) is 2.26. The molecule has 2 rings (SSSR count). The monoisotopic (exact) mass is 198 g/mol. The molecule has 0 unspecified atom stereocenters. The summed E-state index contributed by atoms with van der Waals surface area (Å²) in [6.07, 6.45) is 1.89. The zero-order valence-electron chi connectivity index (χ0n) is 8.40. The molecule has 0 spiro atoms. The Balaban J connectivity index is 2.51. The normalized spacial score (nSPS) is 10.1. The van der Waals surface area contributed by atoms with Crippen LogP contribution in [-0.2, 0) is 7.05 Å². The van der Waals surface area contributed by atoms with E-state index in [4.69, 9.17) is 5.26 Å². The molecule has 1 aromatic heterocycles. The topological polar surface area (TPSA) is 45.8 Å². The predicted octanol–water partition coefficient (Wildman–Crippen LogP) is 2.27. The molecule has 0 amide bonds. The second kappa shape index (κ2) is 3.58. The molecule has 74 valence electrons. The van der Waals surface area contributed by atoms with Gasteiger partial charge in [-0.1, -0.05) is 12.1 Å². The Labute approximate surface area is 87.5 Å². The number of Topliss-reactive ketones (excluding diaryl/α,β-unsaturated/α-hetero) is 1. The van der Waals surface area contributed by atoms with Gasteiger partial charge >= 0.3 is 0 Å². The number of hydrogen-bond donors (Lipinski definition) is 0. The van der Waals surface area contributed by atoms with Crippen molar-refractivity contribution in [1.82, 2.24) is 4.57 Å². The van der Waals surface area contributed by atoms with E-state index in [-0.39, 0.29) is 12.2 Å². The molecule has 0 N–H and O–H groups in total. The maximum Gasteiger partial charge on any atom is 0.176 e. The van der Waals surface area contributed by atoms with Gasteiger partial charge in [0.15, 0.2) is 5.78 Å². The Hall–Kier alpha value is -2.08. The molecule has 0 bridgehead atoms. The molecular weight excluding hydrogens is 188 g/mol. The van der Waals surface area contributed by atoms with Crippen molar-refractivity contribution in [3.05, 3.63) is 36.0 Å². The number of aryl methyl sites for hydroxylation is 1. The van der Waals surface area contributed by atoms with Crippen molar-refractivity contribution in [2.45, 2.75) is 6.42 Å². The van der Waals surface area contributed by atoms with Crippen molar-refractivity contribution in [3.63, 3.8) is 0 Å². The molecule has 1 heterocycles. The number of carbonyl (C=O) groups is 1. The van der Waals surface area contributed by atoms with E-state index in [1.165, 1.54) is 0 Å². The van der Waals surface area contributed by atoms with Crippen LogP contribution in [0.2, 0.25) is 0 Å². The molecule has 1 aromatic carbocycles. The molecule has 0 atom stereocenters. The molecule has 3 heteroatoms. The molecular formula is C12H10N2O. The van der Waals surface area contributed by atoms with Gasteiger partial charge in [0.2, 0.25) is 0 Å². The SMILES string of the molecule is Cn1ccc2ccc(C(=O)CC#N)cc21. The summed E-state index contributed by atoms with van der Waals surface area (Å²) in [5.41, 5.74) is 1.62. The number of rotatable bonds is 2. The van der Waals surface area contributed by atoms with Gasteiger partial charge in [0.25, 0.3) is 0 Å². The molecule has 0 fully saturated rings. The van der Waals surface area contributed by atoms with Crippen LogP contribution in [0.15, 0.2) is 30.5 Å². The van der Waals surface area contributed by atoms with Gasteiger partial charge in [-0.2, -0.15) is 5.26 Å². The van der Waals surface area contributed by atoms with E-state index < -0.39 is 0 Å². The van der Waals surface area contributed by atoms with Crippen LogP contribution in [0.25, 0.3) is 10.9 Å². The Morgan fingerprint density at radius 2 is 2.27 bits per heavy atom. The van der Waals surface area contributed by atoms with Gasteiger partial charge in [-0.3, -0.25) is 4.79 Å². The van der Waals surface area contributed by atoms with E-state index in [0.717, 1.165) is 10.9 Å². The van der Waals surface area contributed by atoms with Gasteiger partial charge in [-0.05, 0) is 17.5 Å². The third-order valence-electron chi connectivity index (χ3n) is 2.45. The maximum atomic E-state index is 11.5. The number of fused-ring (bicyclic) bond motifs is 1. The predicted molar refractivity (Wildman–Crippen MR) is 57.5 cm³/mol. The lowest BCUT2D eigenvalue weighted by Gasteiger charge is -1.99. The van der Waals surface area contributed by atoms with Gasteiger partial charge in [0, 0.05) is 24.3 Å². The highest BCUT2D eigenvalue weighted by Gasteiger charge is 2.06. The lowest BCUT2D eigenvalue weighted by Crippen LogP contribution is -1.97. The molecule has 0 saturated heterocycles. The summed E-state index contributed by atoms with van der Waals surface area (Å²) in [5, 5.41) is 9.55. The van der Waals surface area contributed by atoms with Crippen molar-refractivity contribution in [2.75, 3.05) is 0 Å². The van der Waals surface area contributed by atoms with Crippen molar-refractivity contribution in [1.29, 1.82) is 5.26 Å². The summed E-state index contributed by atoms with van der Waals surface area (Å²) in [4.78, 5) is 11.5. The molecule has 0 radical (unpaired) electrons. The number of benzene rings is 1. The van der Waals surface area contributed by atoms with Crippen LogP contribution in [0.5, 0.6) is 0 Å². The first kappa shape index (κ1) is 9.47. The molecule has 0 aliphatic carbocycles. The average molecular weight is 198 g/mol. The third-order valence-corrected chi connectivity index (χ3v) is 2.45. The fraction of sp³-hybridized carbons (Fsp3) is 0.167. The highest BCUT2D eigenvalue weighted by molar-refractivity contribution is 6.00. The Bertz CT molecular complexity index is 560. The fourth-order valence-electron chi connectivity index (χ4n) is 1.61. The first-order valence-corrected chi connectivity index (χ1v) is 4.67. The van der Waals surface area contributed by atoms with Crippen LogP contribution in [0, 0.1) is 11.3 Å². The molecule has 0 aliphatic heterocycles. The maximum absolute atomic E-state index is 11.5. The van der Waals surface area contributed by atoms with E-state index in [1.54, 1.807) is 6.07 Å². The second-order valence-corrected chi connectivity index (χ2v) is 3.46. The van der Waals surface area contributed by atoms with Crippen LogP contribution >= 0.6 is 0 Å². The van der Waals surface area contributed by atoms with E-state index in [1.807, 2.05) is 42.1 Å². The van der Waals surface area contributed by atoms with Gasteiger partial charge in [-0.15, -0.1) is 0 Å². The van der Waals surface area contributed by atoms with Crippen LogP contribution in [-0.4, -0.2) is 10.4 Å². The number of nitrogens with zero attached hydrogens (tertiary/aromatic N) is 2. The van der Waals surface area contributed by atoms with Crippen molar-refractivity contribution < 1.29 is 4.79 Å². The van der Waals surface area contributed by atoms with E-state index in [9.17, 15) is 4.79 Å². The van der Waals surface area contributed by atoms with Crippen LogP contribution in [0.4, 0.5) is 0 Å². The van der Waals surface area contributed by atoms with E-state index in [0.29, 0.717) is 5.56 Å². The van der Waals surface area contributed by atoms with E-state index in [2.05, 4.69) is 0 Å². The van der Waals surface area contributed by atoms with Crippen LogP contribution < -0.4 is 0 Å². The zero-order valence-corrected chi connectivity index (χ0v) is 8.40. The van der Waals surface area contributed by atoms with Gasteiger partial charge in [0.1, 0.15) is 0 Å².